The van der Waals surface area contributed by atoms with Crippen LogP contribution in [0.3, 0.4) is 0 Å². The molecule has 50 heavy (non-hydrogen) atoms. The van der Waals surface area contributed by atoms with E-state index in [4.69, 9.17) is 14.2 Å². The summed E-state index contributed by atoms with van der Waals surface area (Å²) in [6, 6.07) is -0.690. The van der Waals surface area contributed by atoms with E-state index < -0.39 is 11.8 Å². The molecule has 1 amide bonds. The minimum Gasteiger partial charge on any atom is -0.460 e. The van der Waals surface area contributed by atoms with Gasteiger partial charge in [-0.3, -0.25) is 4.79 Å². The number of hydrogen-bond acceptors (Lipinski definition) is 7. The number of rotatable bonds is 4. The zero-order valence-corrected chi connectivity index (χ0v) is 31.9. The Kier molecular flexibility index (Phi) is 15.4. The molecule has 0 spiro atoms. The molecule has 282 valence electrons. The van der Waals surface area contributed by atoms with Crippen LogP contribution in [0.2, 0.25) is 0 Å². The molecule has 0 aromatic rings. The normalized spacial score (nSPS) is 40.5. The summed E-state index contributed by atoms with van der Waals surface area (Å²) in [5.74, 6) is -1.33. The molecule has 2 N–H and O–H groups in total. The second-order valence-corrected chi connectivity index (χ2v) is 16.3. The Morgan fingerprint density at radius 1 is 1.02 bits per heavy atom. The fourth-order valence-electron chi connectivity index (χ4n) is 8.55. The molecule has 2 saturated heterocycles. The number of esters is 1. The summed E-state index contributed by atoms with van der Waals surface area (Å²) in [4.78, 5) is 29.8. The molecular formula is C42H67NO7. The Balaban J connectivity index is 1.61. The van der Waals surface area contributed by atoms with Crippen LogP contribution in [0.1, 0.15) is 125 Å². The lowest BCUT2D eigenvalue weighted by Crippen LogP contribution is -2.54. The van der Waals surface area contributed by atoms with Gasteiger partial charge < -0.3 is 29.3 Å². The van der Waals surface area contributed by atoms with Gasteiger partial charge in [-0.15, -0.1) is 0 Å². The molecule has 1 aliphatic carbocycles. The van der Waals surface area contributed by atoms with Crippen LogP contribution in [0, 0.1) is 29.6 Å². The predicted octanol–water partition coefficient (Wildman–Crippen LogP) is 7.84. The van der Waals surface area contributed by atoms with Gasteiger partial charge in [0.15, 0.2) is 5.79 Å². The Hall–Kier alpha value is -2.26. The van der Waals surface area contributed by atoms with Gasteiger partial charge in [0, 0.05) is 32.4 Å². The molecule has 1 saturated carbocycles. The zero-order chi connectivity index (χ0) is 36.4. The fourth-order valence-corrected chi connectivity index (χ4v) is 8.55. The highest BCUT2D eigenvalue weighted by Crippen LogP contribution is 2.39. The number of amides is 1. The van der Waals surface area contributed by atoms with Crippen LogP contribution >= 0.6 is 0 Å². The number of aliphatic hydroxyl groups is 2. The summed E-state index contributed by atoms with van der Waals surface area (Å²) in [6.07, 6.45) is 19.5. The van der Waals surface area contributed by atoms with E-state index in [1.54, 1.807) is 12.0 Å². The summed E-state index contributed by atoms with van der Waals surface area (Å²) >= 11 is 0. The lowest BCUT2D eigenvalue weighted by molar-refractivity contribution is -0.284. The maximum absolute atomic E-state index is 14.1. The number of fused-ring (bicyclic) bond motifs is 3. The molecule has 0 aromatic heterocycles. The first kappa shape index (κ1) is 40.5. The van der Waals surface area contributed by atoms with Crippen molar-refractivity contribution in [3.05, 3.63) is 48.1 Å². The lowest BCUT2D eigenvalue weighted by Gasteiger charge is -2.44. The van der Waals surface area contributed by atoms with Gasteiger partial charge in [-0.05, 0) is 107 Å². The zero-order valence-electron chi connectivity index (χ0n) is 31.9. The molecule has 3 aliphatic heterocycles. The third-order valence-corrected chi connectivity index (χ3v) is 12.2. The summed E-state index contributed by atoms with van der Waals surface area (Å²) in [5.41, 5.74) is 2.14. The summed E-state index contributed by atoms with van der Waals surface area (Å²) < 4.78 is 18.7. The maximum atomic E-state index is 14.1. The molecule has 1 unspecified atom stereocenters. The standard InChI is InChI=1S/C42H67NO7/c1-28-13-9-8-10-14-29(2)38(48-7)26-36-21-16-33(6)42(47,50-36)27-40(45)43-22-12-11-15-37(43)41(46)49-39(25-31(4)30(3)23-28)32(5)24-34-17-19-35(44)20-18-34/h8-10,13-14,28,30,32-39,44,47H,4,11-12,15-27H2,1-3,5-7H3/b10-8+,13-9+,29-14+/t28-,30-,32-,33-,34?,35?,36+,37+,38+,39?,42+/m1/s1. The summed E-state index contributed by atoms with van der Waals surface area (Å²) in [6.45, 7) is 15.5. The van der Waals surface area contributed by atoms with Crippen molar-refractivity contribution in [3.63, 3.8) is 0 Å². The predicted molar refractivity (Wildman–Crippen MR) is 198 cm³/mol. The van der Waals surface area contributed by atoms with Crippen LogP contribution in [-0.4, -0.2) is 76.9 Å². The molecule has 0 radical (unpaired) electrons. The minimum absolute atomic E-state index is 0.106. The molecule has 2 bridgehead atoms. The van der Waals surface area contributed by atoms with Crippen LogP contribution < -0.4 is 0 Å². The summed E-state index contributed by atoms with van der Waals surface area (Å²) in [7, 11) is 1.69. The molecule has 8 nitrogen and oxygen atoms in total. The van der Waals surface area contributed by atoms with E-state index in [1.165, 1.54) is 0 Å². The van der Waals surface area contributed by atoms with Crippen molar-refractivity contribution in [2.45, 2.75) is 161 Å². The van der Waals surface area contributed by atoms with Crippen molar-refractivity contribution in [1.82, 2.24) is 4.90 Å². The van der Waals surface area contributed by atoms with Crippen molar-refractivity contribution in [3.8, 4) is 0 Å². The number of aliphatic hydroxyl groups excluding tert-OH is 1. The third-order valence-electron chi connectivity index (χ3n) is 12.2. The first-order valence-corrected chi connectivity index (χ1v) is 19.6. The van der Waals surface area contributed by atoms with Gasteiger partial charge in [-0.25, -0.2) is 4.79 Å². The Bertz CT molecular complexity index is 1220. The van der Waals surface area contributed by atoms with Gasteiger partial charge in [0.1, 0.15) is 12.1 Å². The van der Waals surface area contributed by atoms with E-state index in [-0.39, 0.29) is 60.5 Å². The quantitative estimate of drug-likeness (QED) is 0.228. The van der Waals surface area contributed by atoms with E-state index in [2.05, 4.69) is 45.6 Å². The van der Waals surface area contributed by atoms with E-state index in [0.717, 1.165) is 75.4 Å². The average Bonchev–Trinajstić information content (AvgIpc) is 3.08. The Morgan fingerprint density at radius 2 is 1.76 bits per heavy atom. The van der Waals surface area contributed by atoms with E-state index in [0.29, 0.717) is 37.6 Å². The first-order valence-electron chi connectivity index (χ1n) is 19.6. The fraction of sp³-hybridized carbons (Fsp3) is 0.762. The van der Waals surface area contributed by atoms with Gasteiger partial charge in [0.25, 0.3) is 0 Å². The van der Waals surface area contributed by atoms with Gasteiger partial charge in [-0.1, -0.05) is 70.2 Å². The van der Waals surface area contributed by atoms with Crippen molar-refractivity contribution >= 4 is 11.9 Å². The van der Waals surface area contributed by atoms with E-state index in [1.807, 2.05) is 26.0 Å². The van der Waals surface area contributed by atoms with E-state index in [9.17, 15) is 19.8 Å². The Labute approximate surface area is 302 Å². The molecular weight excluding hydrogens is 630 g/mol. The van der Waals surface area contributed by atoms with Crippen LogP contribution in [0.5, 0.6) is 0 Å². The topological polar surface area (TPSA) is 106 Å². The molecule has 3 heterocycles. The van der Waals surface area contributed by atoms with Gasteiger partial charge in [0.05, 0.1) is 24.7 Å². The molecule has 0 aromatic carbocycles. The highest BCUT2D eigenvalue weighted by Gasteiger charge is 2.46. The van der Waals surface area contributed by atoms with E-state index >= 15 is 0 Å². The monoisotopic (exact) mass is 697 g/mol. The average molecular weight is 698 g/mol. The molecule has 4 rings (SSSR count). The smallest absolute Gasteiger partial charge is 0.329 e. The van der Waals surface area contributed by atoms with Crippen molar-refractivity contribution in [1.29, 1.82) is 0 Å². The van der Waals surface area contributed by atoms with Crippen molar-refractivity contribution in [2.75, 3.05) is 13.7 Å². The number of carbonyl (C=O) groups excluding carboxylic acids is 2. The number of cyclic esters (lactones) is 1. The maximum Gasteiger partial charge on any atom is 0.329 e. The van der Waals surface area contributed by atoms with Crippen LogP contribution in [-0.2, 0) is 23.8 Å². The minimum atomic E-state index is -1.63. The van der Waals surface area contributed by atoms with Gasteiger partial charge >= 0.3 is 5.97 Å². The molecule has 8 heteroatoms. The molecule has 9 atom stereocenters. The van der Waals surface area contributed by atoms with Gasteiger partial charge in [0.2, 0.25) is 5.91 Å². The lowest BCUT2D eigenvalue weighted by atomic mass is 9.79. The van der Waals surface area contributed by atoms with Crippen LogP contribution in [0.4, 0.5) is 0 Å². The number of nitrogens with zero attached hydrogens (tertiary/aromatic N) is 1. The third kappa shape index (κ3) is 11.4. The number of hydrogen-bond donors (Lipinski definition) is 2. The molecule has 3 fully saturated rings. The Morgan fingerprint density at radius 3 is 2.48 bits per heavy atom. The first-order chi connectivity index (χ1) is 23.8. The van der Waals surface area contributed by atoms with Crippen molar-refractivity contribution < 1.29 is 34.0 Å². The van der Waals surface area contributed by atoms with Crippen molar-refractivity contribution in [2.24, 2.45) is 29.6 Å². The van der Waals surface area contributed by atoms with Crippen LogP contribution in [0.15, 0.2) is 48.1 Å². The molecule has 4 aliphatic rings. The van der Waals surface area contributed by atoms with Gasteiger partial charge in [-0.2, -0.15) is 0 Å². The number of ether oxygens (including phenoxy) is 3. The second kappa shape index (κ2) is 19.0. The SMILES string of the molecule is C=C1CC([C@H](C)CC2CCC(O)CC2)OC(=O)[C@@H]2CCCCN2C(=O)C[C@]2(O)O[C@@H](CC[C@H]2C)C[C@H](OC)/C(C)=C/C=C/C=C/[C@@H](C)C[C@H]1C. The number of carbonyl (C=O) groups is 2. The second-order valence-electron chi connectivity index (χ2n) is 16.3. The number of piperidine rings is 1. The van der Waals surface area contributed by atoms with Crippen LogP contribution in [0.25, 0.3) is 0 Å². The number of methoxy groups -OCH3 is 1. The highest BCUT2D eigenvalue weighted by molar-refractivity contribution is 5.85. The summed E-state index contributed by atoms with van der Waals surface area (Å²) in [5, 5.41) is 21.9. The number of allylic oxidation sites excluding steroid dienone is 5. The largest absolute Gasteiger partial charge is 0.460 e. The highest BCUT2D eigenvalue weighted by atomic mass is 16.6.